The second-order valence-corrected chi connectivity index (χ2v) is 6.81. The summed E-state index contributed by atoms with van der Waals surface area (Å²) in [5.41, 5.74) is 0.914. The van der Waals surface area contributed by atoms with Crippen molar-refractivity contribution < 1.29 is 8.42 Å². The molecule has 0 aromatic carbocycles. The highest BCUT2D eigenvalue weighted by Crippen LogP contribution is 2.24. The number of halogens is 1. The fraction of sp³-hybridized carbons (Fsp3) is 0.636. The van der Waals surface area contributed by atoms with Crippen molar-refractivity contribution in [2.24, 2.45) is 0 Å². The van der Waals surface area contributed by atoms with Crippen molar-refractivity contribution in [1.82, 2.24) is 14.3 Å². The van der Waals surface area contributed by atoms with Gasteiger partial charge in [0.15, 0.2) is 0 Å². The van der Waals surface area contributed by atoms with Crippen LogP contribution in [0, 0.1) is 0 Å². The van der Waals surface area contributed by atoms with Crippen LogP contribution in [0.3, 0.4) is 0 Å². The van der Waals surface area contributed by atoms with Gasteiger partial charge in [-0.15, -0.1) is 0 Å². The molecule has 0 unspecified atom stereocenters. The molecule has 6 nitrogen and oxygen atoms in total. The smallest absolute Gasteiger partial charge is 0.211 e. The van der Waals surface area contributed by atoms with Crippen LogP contribution in [0.15, 0.2) is 6.33 Å². The molecule has 0 N–H and O–H groups in total. The zero-order valence-corrected chi connectivity index (χ0v) is 12.6. The second kappa shape index (κ2) is 5.60. The molecule has 1 aromatic heterocycles. The summed E-state index contributed by atoms with van der Waals surface area (Å²) in [5, 5.41) is 0.470. The Kier molecular flexibility index (Phi) is 4.27. The number of anilines is 1. The van der Waals surface area contributed by atoms with E-state index >= 15 is 0 Å². The molecule has 2 rings (SSSR count). The fourth-order valence-corrected chi connectivity index (χ4v) is 3.28. The molecular weight excluding hydrogens is 288 g/mol. The second-order valence-electron chi connectivity index (χ2n) is 4.47. The Bertz CT molecular complexity index is 556. The molecule has 106 valence electrons. The molecule has 1 aliphatic heterocycles. The molecule has 1 aromatic rings. The van der Waals surface area contributed by atoms with Crippen LogP contribution in [0.4, 0.5) is 5.82 Å². The van der Waals surface area contributed by atoms with Gasteiger partial charge in [-0.25, -0.2) is 18.4 Å². The lowest BCUT2D eigenvalue weighted by Gasteiger charge is -2.34. The molecule has 0 spiro atoms. The number of aromatic nitrogens is 2. The molecule has 0 amide bonds. The Morgan fingerprint density at radius 2 is 1.89 bits per heavy atom. The summed E-state index contributed by atoms with van der Waals surface area (Å²) in [6.45, 7) is 4.19. The van der Waals surface area contributed by atoms with Gasteiger partial charge < -0.3 is 4.90 Å². The molecule has 0 atom stereocenters. The van der Waals surface area contributed by atoms with Crippen LogP contribution in [0.25, 0.3) is 0 Å². The lowest BCUT2D eigenvalue weighted by Crippen LogP contribution is -2.48. The molecule has 1 aliphatic rings. The summed E-state index contributed by atoms with van der Waals surface area (Å²) >= 11 is 6.07. The minimum absolute atomic E-state index is 0.470. The van der Waals surface area contributed by atoms with Crippen molar-refractivity contribution in [3.63, 3.8) is 0 Å². The number of piperazine rings is 1. The van der Waals surface area contributed by atoms with Crippen molar-refractivity contribution in [3.8, 4) is 0 Å². The molecule has 8 heteroatoms. The fourth-order valence-electron chi connectivity index (χ4n) is 2.19. The first-order valence-electron chi connectivity index (χ1n) is 6.13. The highest BCUT2D eigenvalue weighted by Gasteiger charge is 2.25. The van der Waals surface area contributed by atoms with E-state index in [1.807, 2.05) is 6.92 Å². The quantitative estimate of drug-likeness (QED) is 0.772. The predicted molar refractivity (Wildman–Crippen MR) is 75.0 cm³/mol. The van der Waals surface area contributed by atoms with Gasteiger partial charge in [-0.05, 0) is 6.42 Å². The molecule has 0 bridgehead atoms. The summed E-state index contributed by atoms with van der Waals surface area (Å²) < 4.78 is 24.4. The Morgan fingerprint density at radius 3 is 2.42 bits per heavy atom. The third kappa shape index (κ3) is 3.16. The van der Waals surface area contributed by atoms with Gasteiger partial charge in [0, 0.05) is 31.7 Å². The molecule has 19 heavy (non-hydrogen) atoms. The molecule has 1 saturated heterocycles. The maximum atomic E-state index is 11.5. The zero-order chi connectivity index (χ0) is 14.0. The van der Waals surface area contributed by atoms with E-state index in [9.17, 15) is 8.42 Å². The first-order valence-corrected chi connectivity index (χ1v) is 8.35. The molecule has 2 heterocycles. The average Bonchev–Trinajstić information content (AvgIpc) is 2.37. The van der Waals surface area contributed by atoms with Gasteiger partial charge in [0.25, 0.3) is 0 Å². The van der Waals surface area contributed by atoms with Crippen LogP contribution in [-0.2, 0) is 16.4 Å². The maximum Gasteiger partial charge on any atom is 0.211 e. The Hall–Kier alpha value is -0.920. The number of rotatable bonds is 3. The van der Waals surface area contributed by atoms with Gasteiger partial charge in [0.05, 0.1) is 6.26 Å². The van der Waals surface area contributed by atoms with Gasteiger partial charge in [0.2, 0.25) is 10.0 Å². The summed E-state index contributed by atoms with van der Waals surface area (Å²) in [7, 11) is -3.11. The Labute approximate surface area is 118 Å². The summed E-state index contributed by atoms with van der Waals surface area (Å²) in [6.07, 6.45) is 3.43. The van der Waals surface area contributed by atoms with Crippen LogP contribution in [0.5, 0.6) is 0 Å². The topological polar surface area (TPSA) is 66.4 Å². The average molecular weight is 305 g/mol. The lowest BCUT2D eigenvalue weighted by atomic mass is 10.2. The van der Waals surface area contributed by atoms with Crippen molar-refractivity contribution in [3.05, 3.63) is 17.0 Å². The van der Waals surface area contributed by atoms with Crippen molar-refractivity contribution >= 4 is 27.4 Å². The first kappa shape index (κ1) is 14.5. The van der Waals surface area contributed by atoms with Gasteiger partial charge in [-0.1, -0.05) is 18.5 Å². The molecule has 0 aliphatic carbocycles. The van der Waals surface area contributed by atoms with Gasteiger partial charge >= 0.3 is 0 Å². The van der Waals surface area contributed by atoms with E-state index in [4.69, 9.17) is 11.6 Å². The monoisotopic (exact) mass is 304 g/mol. The standard InChI is InChI=1S/C11H17ClN4O2S/c1-3-9-10(12)13-8-14-11(9)15-4-6-16(7-5-15)19(2,17)18/h8H,3-7H2,1-2H3. The van der Waals surface area contributed by atoms with Crippen molar-refractivity contribution in [2.75, 3.05) is 37.3 Å². The van der Waals surface area contributed by atoms with Gasteiger partial charge in [-0.3, -0.25) is 0 Å². The van der Waals surface area contributed by atoms with E-state index in [1.165, 1.54) is 16.9 Å². The molecule has 0 radical (unpaired) electrons. The highest BCUT2D eigenvalue weighted by molar-refractivity contribution is 7.88. The molecule has 0 saturated carbocycles. The first-order chi connectivity index (χ1) is 8.93. The van der Waals surface area contributed by atoms with E-state index < -0.39 is 10.0 Å². The van der Waals surface area contributed by atoms with Crippen LogP contribution >= 0.6 is 11.6 Å². The summed E-state index contributed by atoms with van der Waals surface area (Å²) in [6, 6.07) is 0. The van der Waals surface area contributed by atoms with Crippen LogP contribution in [0.2, 0.25) is 5.15 Å². The van der Waals surface area contributed by atoms with E-state index in [-0.39, 0.29) is 0 Å². The van der Waals surface area contributed by atoms with Gasteiger partial charge in [-0.2, -0.15) is 4.31 Å². The number of nitrogens with zero attached hydrogens (tertiary/aromatic N) is 4. The van der Waals surface area contributed by atoms with E-state index in [2.05, 4.69) is 14.9 Å². The van der Waals surface area contributed by atoms with Crippen LogP contribution in [-0.4, -0.2) is 55.1 Å². The summed E-state index contributed by atoms with van der Waals surface area (Å²) in [5.74, 6) is 0.815. The van der Waals surface area contributed by atoms with Gasteiger partial charge in [0.1, 0.15) is 17.3 Å². The Morgan fingerprint density at radius 1 is 1.26 bits per heavy atom. The predicted octanol–water partition coefficient (Wildman–Crippen LogP) is 0.774. The molecular formula is C11H17ClN4O2S. The van der Waals surface area contributed by atoms with E-state index in [0.29, 0.717) is 31.3 Å². The minimum atomic E-state index is -3.11. The highest BCUT2D eigenvalue weighted by atomic mass is 35.5. The minimum Gasteiger partial charge on any atom is -0.354 e. The van der Waals surface area contributed by atoms with Crippen LogP contribution < -0.4 is 4.90 Å². The van der Waals surface area contributed by atoms with Crippen molar-refractivity contribution in [1.29, 1.82) is 0 Å². The normalized spacial score (nSPS) is 17.7. The number of sulfonamides is 1. The molecule has 1 fully saturated rings. The summed E-state index contributed by atoms with van der Waals surface area (Å²) in [4.78, 5) is 10.3. The van der Waals surface area contributed by atoms with E-state index in [0.717, 1.165) is 17.8 Å². The maximum absolute atomic E-state index is 11.5. The lowest BCUT2D eigenvalue weighted by molar-refractivity contribution is 0.386. The van der Waals surface area contributed by atoms with Crippen molar-refractivity contribution in [2.45, 2.75) is 13.3 Å². The van der Waals surface area contributed by atoms with E-state index in [1.54, 1.807) is 0 Å². The largest absolute Gasteiger partial charge is 0.354 e. The zero-order valence-electron chi connectivity index (χ0n) is 11.0. The van der Waals surface area contributed by atoms with Crippen LogP contribution in [0.1, 0.15) is 12.5 Å². The number of hydrogen-bond donors (Lipinski definition) is 0. The number of hydrogen-bond acceptors (Lipinski definition) is 5. The Balaban J connectivity index is 2.16. The SMILES string of the molecule is CCc1c(Cl)ncnc1N1CCN(S(C)(=O)=O)CC1. The third-order valence-electron chi connectivity index (χ3n) is 3.23. The third-order valence-corrected chi connectivity index (χ3v) is 4.86.